The van der Waals surface area contributed by atoms with Crippen LogP contribution < -0.4 is 5.32 Å². The summed E-state index contributed by atoms with van der Waals surface area (Å²) >= 11 is 3.33. The molecule has 17 heavy (non-hydrogen) atoms. The molecular formula is C12H16BrNO3. The minimum absolute atomic E-state index is 0.253. The van der Waals surface area contributed by atoms with Crippen LogP contribution >= 0.6 is 15.9 Å². The maximum absolute atomic E-state index is 10.7. The van der Waals surface area contributed by atoms with Crippen molar-refractivity contribution in [3.8, 4) is 0 Å². The normalized spacial score (nSPS) is 11.5. The molecule has 0 radical (unpaired) electrons. The van der Waals surface area contributed by atoms with Crippen molar-refractivity contribution in [1.82, 2.24) is 5.32 Å². The monoisotopic (exact) mass is 301 g/mol. The van der Waals surface area contributed by atoms with Crippen molar-refractivity contribution in [3.05, 3.63) is 33.8 Å². The van der Waals surface area contributed by atoms with E-state index in [0.717, 1.165) is 10.0 Å². The first-order valence-corrected chi connectivity index (χ1v) is 6.04. The van der Waals surface area contributed by atoms with Crippen LogP contribution in [0.1, 0.15) is 29.8 Å². The summed E-state index contributed by atoms with van der Waals surface area (Å²) in [6.07, 6.45) is 0. The van der Waals surface area contributed by atoms with Gasteiger partial charge in [0.1, 0.15) is 0 Å². The second-order valence-corrected chi connectivity index (χ2v) is 5.38. The van der Waals surface area contributed by atoms with Crippen molar-refractivity contribution >= 4 is 21.9 Å². The Morgan fingerprint density at radius 1 is 1.47 bits per heavy atom. The van der Waals surface area contributed by atoms with Crippen molar-refractivity contribution < 1.29 is 15.0 Å². The molecule has 0 spiro atoms. The first-order valence-electron chi connectivity index (χ1n) is 5.24. The molecule has 0 atom stereocenters. The molecule has 0 aromatic heterocycles. The third kappa shape index (κ3) is 4.85. The van der Waals surface area contributed by atoms with Crippen molar-refractivity contribution in [3.63, 3.8) is 0 Å². The van der Waals surface area contributed by atoms with E-state index >= 15 is 0 Å². The van der Waals surface area contributed by atoms with Crippen LogP contribution in [-0.4, -0.2) is 28.3 Å². The molecule has 0 saturated heterocycles. The fourth-order valence-corrected chi connectivity index (χ4v) is 1.85. The lowest BCUT2D eigenvalue weighted by molar-refractivity contribution is 0.0696. The topological polar surface area (TPSA) is 69.6 Å². The van der Waals surface area contributed by atoms with Crippen molar-refractivity contribution in [2.24, 2.45) is 0 Å². The number of nitrogens with one attached hydrogen (secondary N) is 1. The molecule has 0 bridgehead atoms. The molecule has 5 heteroatoms. The highest BCUT2D eigenvalue weighted by molar-refractivity contribution is 9.10. The van der Waals surface area contributed by atoms with Crippen molar-refractivity contribution in [2.75, 3.05) is 6.54 Å². The van der Waals surface area contributed by atoms with Crippen LogP contribution in [0.2, 0.25) is 0 Å². The van der Waals surface area contributed by atoms with Crippen LogP contribution in [0.4, 0.5) is 0 Å². The third-order valence-electron chi connectivity index (χ3n) is 2.17. The second-order valence-electron chi connectivity index (χ2n) is 4.53. The lowest BCUT2D eigenvalue weighted by Gasteiger charge is -2.18. The van der Waals surface area contributed by atoms with Crippen molar-refractivity contribution in [2.45, 2.75) is 26.0 Å². The fourth-order valence-electron chi connectivity index (χ4n) is 1.33. The number of carboxylic acids is 1. The Kier molecular flexibility index (Phi) is 4.68. The number of aliphatic hydroxyl groups is 1. The average Bonchev–Trinajstić information content (AvgIpc) is 2.18. The van der Waals surface area contributed by atoms with Gasteiger partial charge in [-0.2, -0.15) is 0 Å². The predicted octanol–water partition coefficient (Wildman–Crippen LogP) is 2.01. The lowest BCUT2D eigenvalue weighted by atomic mass is 10.1. The van der Waals surface area contributed by atoms with E-state index in [4.69, 9.17) is 5.11 Å². The summed E-state index contributed by atoms with van der Waals surface area (Å²) in [7, 11) is 0. The molecule has 3 N–H and O–H groups in total. The molecule has 0 unspecified atom stereocenters. The summed E-state index contributed by atoms with van der Waals surface area (Å²) in [4.78, 5) is 10.7. The zero-order valence-electron chi connectivity index (χ0n) is 9.83. The molecule has 94 valence electrons. The Morgan fingerprint density at radius 2 is 2.12 bits per heavy atom. The number of benzene rings is 1. The molecule has 0 aliphatic rings. The van der Waals surface area contributed by atoms with Gasteiger partial charge in [0.05, 0.1) is 11.2 Å². The smallest absolute Gasteiger partial charge is 0.335 e. The molecule has 0 saturated carbocycles. The Bertz CT molecular complexity index is 413. The number of carboxylic acid groups (broad SMARTS) is 1. The molecule has 0 amide bonds. The number of hydrogen-bond acceptors (Lipinski definition) is 3. The van der Waals surface area contributed by atoms with Gasteiger partial charge in [-0.1, -0.05) is 22.0 Å². The number of carbonyl (C=O) groups is 1. The van der Waals surface area contributed by atoms with Gasteiger partial charge in [0, 0.05) is 17.6 Å². The summed E-state index contributed by atoms with van der Waals surface area (Å²) in [6, 6.07) is 4.89. The Labute approximate surface area is 109 Å². The minimum atomic E-state index is -0.943. The van der Waals surface area contributed by atoms with Crippen LogP contribution in [0.3, 0.4) is 0 Å². The maximum Gasteiger partial charge on any atom is 0.335 e. The molecule has 0 fully saturated rings. The molecule has 0 aliphatic heterocycles. The van der Waals surface area contributed by atoms with Gasteiger partial charge in [0.15, 0.2) is 0 Å². The summed E-state index contributed by atoms with van der Waals surface area (Å²) in [5.41, 5.74) is 0.454. The summed E-state index contributed by atoms with van der Waals surface area (Å²) in [5, 5.41) is 21.4. The highest BCUT2D eigenvalue weighted by Crippen LogP contribution is 2.18. The maximum atomic E-state index is 10.7. The molecule has 4 nitrogen and oxygen atoms in total. The highest BCUT2D eigenvalue weighted by Gasteiger charge is 2.12. The Morgan fingerprint density at radius 3 is 2.59 bits per heavy atom. The van der Waals surface area contributed by atoms with Crippen LogP contribution in [0.5, 0.6) is 0 Å². The van der Waals surface area contributed by atoms with Gasteiger partial charge in [-0.15, -0.1) is 0 Å². The zero-order valence-corrected chi connectivity index (χ0v) is 11.4. The van der Waals surface area contributed by atoms with Gasteiger partial charge in [0.2, 0.25) is 0 Å². The summed E-state index contributed by atoms with van der Waals surface area (Å²) in [5.74, 6) is -0.943. The van der Waals surface area contributed by atoms with Crippen molar-refractivity contribution in [1.29, 1.82) is 0 Å². The number of halogens is 1. The first kappa shape index (κ1) is 14.2. The van der Waals surface area contributed by atoms with E-state index in [1.54, 1.807) is 32.0 Å². The van der Waals surface area contributed by atoms with E-state index in [0.29, 0.717) is 13.1 Å². The molecular weight excluding hydrogens is 286 g/mol. The quantitative estimate of drug-likeness (QED) is 0.778. The fraction of sp³-hybridized carbons (Fsp3) is 0.417. The zero-order chi connectivity index (χ0) is 13.1. The van der Waals surface area contributed by atoms with Crippen LogP contribution in [0.15, 0.2) is 22.7 Å². The standard InChI is InChI=1S/C12H16BrNO3/c1-12(2,17)7-14-6-9-4-3-8(11(15)16)5-10(9)13/h3-5,14,17H,6-7H2,1-2H3,(H,15,16). The van der Waals surface area contributed by atoms with Gasteiger partial charge in [-0.25, -0.2) is 4.79 Å². The third-order valence-corrected chi connectivity index (χ3v) is 2.91. The number of hydrogen-bond donors (Lipinski definition) is 3. The minimum Gasteiger partial charge on any atom is -0.478 e. The number of rotatable bonds is 5. The first-order chi connectivity index (χ1) is 7.79. The highest BCUT2D eigenvalue weighted by atomic mass is 79.9. The second kappa shape index (κ2) is 5.62. The van der Waals surface area contributed by atoms with Crippen LogP contribution in [0, 0.1) is 0 Å². The largest absolute Gasteiger partial charge is 0.478 e. The van der Waals surface area contributed by atoms with Gasteiger partial charge < -0.3 is 15.5 Å². The van der Waals surface area contributed by atoms with Gasteiger partial charge in [-0.05, 0) is 31.5 Å². The van der Waals surface area contributed by atoms with Gasteiger partial charge >= 0.3 is 5.97 Å². The predicted molar refractivity (Wildman–Crippen MR) is 69.1 cm³/mol. The van der Waals surface area contributed by atoms with E-state index in [-0.39, 0.29) is 5.56 Å². The Balaban J connectivity index is 2.64. The van der Waals surface area contributed by atoms with Crippen LogP contribution in [0.25, 0.3) is 0 Å². The van der Waals surface area contributed by atoms with E-state index in [9.17, 15) is 9.90 Å². The molecule has 0 aliphatic carbocycles. The van der Waals surface area contributed by atoms with E-state index in [1.807, 2.05) is 0 Å². The van der Waals surface area contributed by atoms with E-state index < -0.39 is 11.6 Å². The van der Waals surface area contributed by atoms with E-state index in [1.165, 1.54) is 0 Å². The SMILES string of the molecule is CC(C)(O)CNCc1ccc(C(=O)O)cc1Br. The molecule has 1 aromatic carbocycles. The average molecular weight is 302 g/mol. The van der Waals surface area contributed by atoms with E-state index in [2.05, 4.69) is 21.2 Å². The molecule has 1 rings (SSSR count). The number of aromatic carboxylic acids is 1. The lowest BCUT2D eigenvalue weighted by Crippen LogP contribution is -2.34. The van der Waals surface area contributed by atoms with Gasteiger partial charge in [0.25, 0.3) is 0 Å². The summed E-state index contributed by atoms with van der Waals surface area (Å²) < 4.78 is 0.751. The van der Waals surface area contributed by atoms with Crippen LogP contribution in [-0.2, 0) is 6.54 Å². The molecule has 0 heterocycles. The molecule has 1 aromatic rings. The van der Waals surface area contributed by atoms with Gasteiger partial charge in [-0.3, -0.25) is 0 Å². The summed E-state index contributed by atoms with van der Waals surface area (Å²) in [6.45, 7) is 4.50. The Hall–Kier alpha value is -0.910.